The van der Waals surface area contributed by atoms with E-state index in [1.165, 1.54) is 5.56 Å². The fraction of sp³-hybridized carbons (Fsp3) is 0.688. The van der Waals surface area contributed by atoms with Crippen molar-refractivity contribution in [3.8, 4) is 0 Å². The van der Waals surface area contributed by atoms with Gasteiger partial charge in [-0.15, -0.1) is 0 Å². The first-order valence-corrected chi connectivity index (χ1v) is 10.3. The first-order valence-electron chi connectivity index (χ1n) is 7.37. The van der Waals surface area contributed by atoms with Gasteiger partial charge in [-0.25, -0.2) is 0 Å². The zero-order valence-electron chi connectivity index (χ0n) is 13.8. The van der Waals surface area contributed by atoms with Gasteiger partial charge in [0.05, 0.1) is 12.3 Å². The molecule has 3 nitrogen and oxygen atoms in total. The van der Waals surface area contributed by atoms with Crippen LogP contribution in [0, 0.1) is 6.92 Å². The van der Waals surface area contributed by atoms with Crippen LogP contribution >= 0.6 is 0 Å². The van der Waals surface area contributed by atoms with Crippen molar-refractivity contribution in [3.63, 3.8) is 0 Å². The van der Waals surface area contributed by atoms with Crippen molar-refractivity contribution in [2.24, 2.45) is 0 Å². The average Bonchev–Trinajstić information content (AvgIpc) is 2.32. The van der Waals surface area contributed by atoms with Crippen LogP contribution in [0.3, 0.4) is 0 Å². The molecule has 1 aromatic heterocycles. The summed E-state index contributed by atoms with van der Waals surface area (Å²) in [6.07, 6.45) is 1.99. The van der Waals surface area contributed by atoms with Crippen LogP contribution in [0.15, 0.2) is 12.1 Å². The van der Waals surface area contributed by atoms with Crippen molar-refractivity contribution in [2.45, 2.75) is 65.3 Å². The minimum atomic E-state index is -1.62. The van der Waals surface area contributed by atoms with Crippen molar-refractivity contribution >= 4 is 8.32 Å². The lowest BCUT2D eigenvalue weighted by molar-refractivity contribution is 0.276. The molecule has 114 valence electrons. The second-order valence-corrected chi connectivity index (χ2v) is 11.8. The number of hydrogen-bond acceptors (Lipinski definition) is 3. The maximum atomic E-state index is 9.17. The minimum Gasteiger partial charge on any atom is -0.417 e. The molecule has 1 heterocycles. The van der Waals surface area contributed by atoms with E-state index in [-0.39, 0.29) is 11.6 Å². The molecular weight excluding hydrogens is 266 g/mol. The Morgan fingerprint density at radius 1 is 1.25 bits per heavy atom. The highest BCUT2D eigenvalue weighted by Gasteiger charge is 2.36. The molecule has 0 fully saturated rings. The number of aryl methyl sites for hydroxylation is 2. The summed E-state index contributed by atoms with van der Waals surface area (Å²) in [6.45, 7) is 14.1. The largest absolute Gasteiger partial charge is 0.417 e. The highest BCUT2D eigenvalue weighted by molar-refractivity contribution is 6.74. The molecule has 1 N–H and O–H groups in total. The third-order valence-corrected chi connectivity index (χ3v) is 8.65. The third-order valence-electron chi connectivity index (χ3n) is 4.11. The minimum absolute atomic E-state index is 0.00908. The van der Waals surface area contributed by atoms with Gasteiger partial charge >= 0.3 is 0 Å². The summed E-state index contributed by atoms with van der Waals surface area (Å²) in [6, 6.07) is 4.07. The zero-order chi connectivity index (χ0) is 15.4. The molecule has 0 aliphatic rings. The molecule has 0 spiro atoms. The molecule has 0 unspecified atom stereocenters. The quantitative estimate of drug-likeness (QED) is 0.640. The van der Waals surface area contributed by atoms with Gasteiger partial charge in [0.2, 0.25) is 0 Å². The molecule has 0 saturated heterocycles. The Bertz CT molecular complexity index is 439. The van der Waals surface area contributed by atoms with E-state index in [1.807, 2.05) is 13.0 Å². The summed E-state index contributed by atoms with van der Waals surface area (Å²) >= 11 is 0. The molecule has 1 aromatic rings. The van der Waals surface area contributed by atoms with Crippen molar-refractivity contribution in [3.05, 3.63) is 29.1 Å². The molecule has 0 aromatic carbocycles. The van der Waals surface area contributed by atoms with Gasteiger partial charge < -0.3 is 9.53 Å². The van der Waals surface area contributed by atoms with Crippen LogP contribution in [-0.4, -0.2) is 25.0 Å². The number of nitrogens with zero attached hydrogens (tertiary/aromatic N) is 1. The van der Waals surface area contributed by atoms with Gasteiger partial charge in [-0.2, -0.15) is 0 Å². The first-order chi connectivity index (χ1) is 9.15. The van der Waals surface area contributed by atoms with Gasteiger partial charge in [-0.1, -0.05) is 20.8 Å². The van der Waals surface area contributed by atoms with E-state index in [2.05, 4.69) is 44.9 Å². The molecule has 0 atom stereocenters. The van der Waals surface area contributed by atoms with Gasteiger partial charge in [-0.3, -0.25) is 4.98 Å². The lowest BCUT2D eigenvalue weighted by atomic mass is 10.1. The fourth-order valence-corrected chi connectivity index (χ4v) is 2.95. The average molecular weight is 295 g/mol. The molecule has 0 aliphatic carbocycles. The van der Waals surface area contributed by atoms with Crippen LogP contribution in [0.5, 0.6) is 0 Å². The molecule has 4 heteroatoms. The van der Waals surface area contributed by atoms with Gasteiger partial charge in [0.25, 0.3) is 0 Å². The number of aromatic nitrogens is 1. The Morgan fingerprint density at radius 3 is 2.45 bits per heavy atom. The van der Waals surface area contributed by atoms with Crippen LogP contribution in [0.1, 0.15) is 44.1 Å². The van der Waals surface area contributed by atoms with E-state index in [0.29, 0.717) is 0 Å². The van der Waals surface area contributed by atoms with Gasteiger partial charge in [0.1, 0.15) is 0 Å². The fourth-order valence-electron chi connectivity index (χ4n) is 1.86. The van der Waals surface area contributed by atoms with E-state index in [9.17, 15) is 5.11 Å². The lowest BCUT2D eigenvalue weighted by Gasteiger charge is -2.36. The van der Waals surface area contributed by atoms with E-state index in [0.717, 1.165) is 30.8 Å². The molecule has 0 saturated carbocycles. The second-order valence-electron chi connectivity index (χ2n) is 6.98. The normalized spacial score (nSPS) is 12.8. The summed E-state index contributed by atoms with van der Waals surface area (Å²) < 4.78 is 6.18. The van der Waals surface area contributed by atoms with Crippen LogP contribution in [-0.2, 0) is 17.5 Å². The number of pyridine rings is 1. The zero-order valence-corrected chi connectivity index (χ0v) is 14.8. The third kappa shape index (κ3) is 5.00. The predicted octanol–water partition coefficient (Wildman–Crippen LogP) is 3.84. The lowest BCUT2D eigenvalue weighted by Crippen LogP contribution is -2.41. The molecule has 20 heavy (non-hydrogen) atoms. The molecule has 1 rings (SSSR count). The Labute approximate surface area is 124 Å². The molecule has 0 amide bonds. The maximum Gasteiger partial charge on any atom is 0.191 e. The van der Waals surface area contributed by atoms with Crippen LogP contribution < -0.4 is 0 Å². The Morgan fingerprint density at radius 2 is 1.90 bits per heavy atom. The number of aliphatic hydroxyl groups excluding tert-OH is 1. The molecular formula is C16H29NO2Si. The Balaban J connectivity index is 2.48. The van der Waals surface area contributed by atoms with Gasteiger partial charge in [-0.05, 0) is 55.6 Å². The maximum absolute atomic E-state index is 9.17. The van der Waals surface area contributed by atoms with Crippen LogP contribution in [0.25, 0.3) is 0 Å². The van der Waals surface area contributed by atoms with E-state index < -0.39 is 8.32 Å². The van der Waals surface area contributed by atoms with Gasteiger partial charge in [0.15, 0.2) is 8.32 Å². The van der Waals surface area contributed by atoms with Crippen molar-refractivity contribution in [2.75, 3.05) is 6.61 Å². The first kappa shape index (κ1) is 17.3. The summed E-state index contributed by atoms with van der Waals surface area (Å²) in [5, 5.41) is 9.44. The predicted molar refractivity (Wildman–Crippen MR) is 86.4 cm³/mol. The molecule has 0 bridgehead atoms. The van der Waals surface area contributed by atoms with Gasteiger partial charge in [0, 0.05) is 12.3 Å². The van der Waals surface area contributed by atoms with Crippen molar-refractivity contribution in [1.29, 1.82) is 0 Å². The van der Waals surface area contributed by atoms with Crippen molar-refractivity contribution in [1.82, 2.24) is 4.98 Å². The summed E-state index contributed by atoms with van der Waals surface area (Å²) in [5.41, 5.74) is 2.96. The Kier molecular flexibility index (Phi) is 5.92. The van der Waals surface area contributed by atoms with Crippen LogP contribution in [0.4, 0.5) is 0 Å². The summed E-state index contributed by atoms with van der Waals surface area (Å²) in [5.74, 6) is 0. The summed E-state index contributed by atoms with van der Waals surface area (Å²) in [7, 11) is -1.62. The monoisotopic (exact) mass is 295 g/mol. The van der Waals surface area contributed by atoms with Crippen molar-refractivity contribution < 1.29 is 9.53 Å². The van der Waals surface area contributed by atoms with E-state index in [4.69, 9.17) is 4.43 Å². The standard InChI is InChI=1S/C16H29NO2Si/c1-13-10-14(11-15(12-18)17-13)8-7-9-19-20(5,6)16(2,3)4/h10-11,18H,7-9,12H2,1-6H3. The van der Waals surface area contributed by atoms with Crippen LogP contribution in [0.2, 0.25) is 18.1 Å². The summed E-state index contributed by atoms with van der Waals surface area (Å²) in [4.78, 5) is 4.28. The van der Waals surface area contributed by atoms with E-state index >= 15 is 0 Å². The number of hydrogen-bond donors (Lipinski definition) is 1. The smallest absolute Gasteiger partial charge is 0.191 e. The molecule has 0 aliphatic heterocycles. The topological polar surface area (TPSA) is 42.4 Å². The Hall–Kier alpha value is -0.713. The van der Waals surface area contributed by atoms with E-state index in [1.54, 1.807) is 0 Å². The SMILES string of the molecule is Cc1cc(CCCO[Si](C)(C)C(C)(C)C)cc(CO)n1. The highest BCUT2D eigenvalue weighted by Crippen LogP contribution is 2.36. The number of aliphatic hydroxyl groups is 1. The number of rotatable bonds is 6. The molecule has 0 radical (unpaired) electrons. The highest BCUT2D eigenvalue weighted by atomic mass is 28.4. The second kappa shape index (κ2) is 6.83.